The number of aromatic nitrogens is 2. The van der Waals surface area contributed by atoms with E-state index in [9.17, 15) is 14.7 Å². The molecule has 0 atom stereocenters. The van der Waals surface area contributed by atoms with Gasteiger partial charge < -0.3 is 14.6 Å². The molecule has 27 heavy (non-hydrogen) atoms. The Morgan fingerprint density at radius 1 is 1.19 bits per heavy atom. The molecular weight excluding hydrogens is 368 g/mol. The van der Waals surface area contributed by atoms with Gasteiger partial charge in [-0.15, -0.1) is 0 Å². The van der Waals surface area contributed by atoms with Crippen molar-refractivity contribution in [3.8, 4) is 11.5 Å². The fourth-order valence-corrected chi connectivity index (χ4v) is 4.01. The van der Waals surface area contributed by atoms with Gasteiger partial charge in [-0.25, -0.2) is 14.2 Å². The van der Waals surface area contributed by atoms with Crippen LogP contribution in [0, 0.1) is 0 Å². The Morgan fingerprint density at radius 3 is 2.67 bits per heavy atom. The molecule has 1 N–H and O–H groups in total. The van der Waals surface area contributed by atoms with Crippen LogP contribution in [0.5, 0.6) is 11.5 Å². The zero-order chi connectivity index (χ0) is 19.1. The topological polar surface area (TPSA) is 90.1 Å². The third kappa shape index (κ3) is 2.61. The van der Waals surface area contributed by atoms with E-state index in [1.165, 1.54) is 30.0 Å². The number of ether oxygens (including phenoxy) is 2. The van der Waals surface area contributed by atoms with Gasteiger partial charge in [-0.1, -0.05) is 29.5 Å². The van der Waals surface area contributed by atoms with Crippen LogP contribution in [-0.2, 0) is 0 Å². The van der Waals surface area contributed by atoms with Crippen molar-refractivity contribution >= 4 is 39.4 Å². The average Bonchev–Trinajstić information content (AvgIpc) is 3.17. The molecule has 0 amide bonds. The lowest BCUT2D eigenvalue weighted by atomic mass is 10.1. The van der Waals surface area contributed by atoms with E-state index in [1.807, 2.05) is 24.3 Å². The number of hydrogen-bond acceptors (Lipinski definition) is 6. The van der Waals surface area contributed by atoms with E-state index in [4.69, 9.17) is 9.47 Å². The highest BCUT2D eigenvalue weighted by Gasteiger charge is 2.20. The molecule has 0 fully saturated rings. The maximum atomic E-state index is 12.9. The number of methoxy groups -OCH3 is 2. The normalized spacial score (nSPS) is 12.0. The summed E-state index contributed by atoms with van der Waals surface area (Å²) in [5.41, 5.74) is 1.51. The number of carbonyl (C=O) groups is 1. The number of para-hydroxylation sites is 2. The van der Waals surface area contributed by atoms with Crippen molar-refractivity contribution < 1.29 is 19.4 Å². The first-order chi connectivity index (χ1) is 13.0. The minimum Gasteiger partial charge on any atom is -0.493 e. The third-order valence-corrected chi connectivity index (χ3v) is 5.19. The molecule has 0 unspecified atom stereocenters. The van der Waals surface area contributed by atoms with Gasteiger partial charge in [0.15, 0.2) is 16.5 Å². The van der Waals surface area contributed by atoms with Gasteiger partial charge >= 0.3 is 5.97 Å². The van der Waals surface area contributed by atoms with Crippen LogP contribution in [-0.4, -0.2) is 34.7 Å². The molecule has 0 aliphatic carbocycles. The van der Waals surface area contributed by atoms with Crippen LogP contribution < -0.4 is 19.6 Å². The fraction of sp³-hybridized carbons (Fsp3) is 0.105. The Kier molecular flexibility index (Phi) is 4.04. The number of carboxylic acid groups (broad SMARTS) is 1. The molecule has 8 heteroatoms. The first-order valence-electron chi connectivity index (χ1n) is 7.95. The highest BCUT2D eigenvalue weighted by atomic mass is 32.1. The summed E-state index contributed by atoms with van der Waals surface area (Å²) >= 11 is 1.21. The standard InChI is InChI=1S/C19H14N2O5S/c1-25-13-8-7-10(15(18(23)24)16(13)26-2)9-14-17(22)21-12-6-4-3-5-11(12)20-19(21)27-14/h3-9H,1-2H3,(H,23,24). The summed E-state index contributed by atoms with van der Waals surface area (Å²) in [6.07, 6.45) is 1.54. The zero-order valence-corrected chi connectivity index (χ0v) is 15.2. The monoisotopic (exact) mass is 382 g/mol. The molecule has 0 aliphatic heterocycles. The van der Waals surface area contributed by atoms with E-state index in [1.54, 1.807) is 18.2 Å². The first kappa shape index (κ1) is 17.0. The lowest BCUT2D eigenvalue weighted by molar-refractivity contribution is 0.0692. The van der Waals surface area contributed by atoms with E-state index >= 15 is 0 Å². The minimum absolute atomic E-state index is 0.0628. The molecule has 2 aromatic heterocycles. The Bertz CT molecular complexity index is 1310. The van der Waals surface area contributed by atoms with Gasteiger partial charge in [0.05, 0.1) is 29.8 Å². The van der Waals surface area contributed by atoms with E-state index in [-0.39, 0.29) is 16.9 Å². The molecule has 0 saturated carbocycles. The summed E-state index contributed by atoms with van der Waals surface area (Å²) in [6, 6.07) is 10.6. The van der Waals surface area contributed by atoms with Crippen LogP contribution >= 0.6 is 11.3 Å². The van der Waals surface area contributed by atoms with E-state index < -0.39 is 5.97 Å². The van der Waals surface area contributed by atoms with Crippen molar-refractivity contribution in [2.45, 2.75) is 0 Å². The Labute approximate surface area is 156 Å². The quantitative estimate of drug-likeness (QED) is 0.582. The maximum absolute atomic E-state index is 12.9. The predicted octanol–water partition coefficient (Wildman–Crippen LogP) is 2.17. The summed E-state index contributed by atoms with van der Waals surface area (Å²) in [5, 5.41) is 9.64. The second-order valence-electron chi connectivity index (χ2n) is 5.70. The highest BCUT2D eigenvalue weighted by molar-refractivity contribution is 7.15. The van der Waals surface area contributed by atoms with Gasteiger partial charge in [0.2, 0.25) is 0 Å². The molecule has 0 bridgehead atoms. The third-order valence-electron chi connectivity index (χ3n) is 4.22. The molecule has 0 aliphatic rings. The lowest BCUT2D eigenvalue weighted by Gasteiger charge is -2.12. The number of imidazole rings is 1. The smallest absolute Gasteiger partial charge is 0.340 e. The number of fused-ring (bicyclic) bond motifs is 3. The van der Waals surface area contributed by atoms with Crippen LogP contribution in [0.15, 0.2) is 41.2 Å². The zero-order valence-electron chi connectivity index (χ0n) is 14.4. The number of benzene rings is 2. The number of hydrogen-bond donors (Lipinski definition) is 1. The van der Waals surface area contributed by atoms with E-state index in [2.05, 4.69) is 4.98 Å². The van der Waals surface area contributed by atoms with Gasteiger partial charge in [0.1, 0.15) is 5.56 Å². The molecule has 4 rings (SSSR count). The molecule has 7 nitrogen and oxygen atoms in total. The van der Waals surface area contributed by atoms with Crippen molar-refractivity contribution in [1.82, 2.24) is 9.38 Å². The van der Waals surface area contributed by atoms with Crippen molar-refractivity contribution in [3.63, 3.8) is 0 Å². The van der Waals surface area contributed by atoms with Crippen LogP contribution in [0.3, 0.4) is 0 Å². The summed E-state index contributed by atoms with van der Waals surface area (Å²) in [7, 11) is 2.81. The maximum Gasteiger partial charge on any atom is 0.340 e. The van der Waals surface area contributed by atoms with Crippen molar-refractivity contribution in [2.24, 2.45) is 0 Å². The van der Waals surface area contributed by atoms with Gasteiger partial charge in [-0.2, -0.15) is 0 Å². The second-order valence-corrected chi connectivity index (χ2v) is 6.71. The average molecular weight is 382 g/mol. The largest absolute Gasteiger partial charge is 0.493 e. The molecule has 0 saturated heterocycles. The highest BCUT2D eigenvalue weighted by Crippen LogP contribution is 2.33. The number of carboxylic acids is 1. The van der Waals surface area contributed by atoms with Gasteiger partial charge in [0.25, 0.3) is 5.56 Å². The summed E-state index contributed by atoms with van der Waals surface area (Å²) in [4.78, 5) is 29.7. The molecule has 2 aromatic carbocycles. The number of rotatable bonds is 4. The minimum atomic E-state index is -1.17. The van der Waals surface area contributed by atoms with Crippen molar-refractivity contribution in [2.75, 3.05) is 14.2 Å². The molecule has 0 radical (unpaired) electrons. The van der Waals surface area contributed by atoms with E-state index in [0.717, 1.165) is 11.0 Å². The first-order valence-corrected chi connectivity index (χ1v) is 8.76. The van der Waals surface area contributed by atoms with Crippen LogP contribution in [0.1, 0.15) is 15.9 Å². The Hall–Kier alpha value is -3.39. The predicted molar refractivity (Wildman–Crippen MR) is 102 cm³/mol. The van der Waals surface area contributed by atoms with Gasteiger partial charge in [0, 0.05) is 0 Å². The summed E-state index contributed by atoms with van der Waals surface area (Å²) < 4.78 is 12.3. The lowest BCUT2D eigenvalue weighted by Crippen LogP contribution is -2.23. The molecule has 136 valence electrons. The Balaban J connectivity index is 2.01. The van der Waals surface area contributed by atoms with Crippen LogP contribution in [0.4, 0.5) is 0 Å². The molecule has 4 aromatic rings. The van der Waals surface area contributed by atoms with Gasteiger partial charge in [-0.3, -0.25) is 4.79 Å². The van der Waals surface area contributed by atoms with Crippen molar-refractivity contribution in [1.29, 1.82) is 0 Å². The molecular formula is C19H14N2O5S. The van der Waals surface area contributed by atoms with E-state index in [0.29, 0.717) is 20.8 Å². The number of aromatic carboxylic acids is 1. The summed E-state index contributed by atoms with van der Waals surface area (Å²) in [6.45, 7) is 0. The molecule has 0 spiro atoms. The fourth-order valence-electron chi connectivity index (χ4n) is 3.04. The van der Waals surface area contributed by atoms with Crippen LogP contribution in [0.2, 0.25) is 0 Å². The van der Waals surface area contributed by atoms with Crippen LogP contribution in [0.25, 0.3) is 22.1 Å². The summed E-state index contributed by atoms with van der Waals surface area (Å²) in [5.74, 6) is -0.754. The number of thiazole rings is 1. The Morgan fingerprint density at radius 2 is 1.96 bits per heavy atom. The SMILES string of the molecule is COc1ccc(C=c2sc3nc4ccccc4n3c2=O)c(C(=O)O)c1OC. The van der Waals surface area contributed by atoms with Crippen molar-refractivity contribution in [3.05, 3.63) is 62.4 Å². The second kappa shape index (κ2) is 6.40. The van der Waals surface area contributed by atoms with Gasteiger partial charge in [-0.05, 0) is 29.8 Å². The number of nitrogens with zero attached hydrogens (tertiary/aromatic N) is 2. The molecule has 2 heterocycles.